The third-order valence-electron chi connectivity index (χ3n) is 5.13. The Labute approximate surface area is 116 Å². The summed E-state index contributed by atoms with van der Waals surface area (Å²) in [5, 5.41) is 6.89. The summed E-state index contributed by atoms with van der Waals surface area (Å²) >= 11 is 0. The van der Waals surface area contributed by atoms with Gasteiger partial charge in [0.15, 0.2) is 0 Å². The first-order valence-electron chi connectivity index (χ1n) is 7.93. The molecule has 3 aliphatic heterocycles. The summed E-state index contributed by atoms with van der Waals surface area (Å²) in [5.74, 6) is 0.908. The molecule has 3 aliphatic rings. The van der Waals surface area contributed by atoms with Crippen LogP contribution in [0.2, 0.25) is 0 Å². The second-order valence-electron chi connectivity index (χ2n) is 6.82. The van der Waals surface area contributed by atoms with Crippen LogP contribution in [0.3, 0.4) is 0 Å². The lowest BCUT2D eigenvalue weighted by atomic mass is 9.89. The highest BCUT2D eigenvalue weighted by atomic mass is 16.1. The van der Waals surface area contributed by atoms with Crippen LogP contribution in [0.4, 0.5) is 0 Å². The maximum Gasteiger partial charge on any atom is 0.220 e. The van der Waals surface area contributed by atoms with Crippen molar-refractivity contribution in [3.63, 3.8) is 0 Å². The zero-order valence-electron chi connectivity index (χ0n) is 12.0. The molecule has 2 bridgehead atoms. The summed E-state index contributed by atoms with van der Waals surface area (Å²) in [5.41, 5.74) is 0. The fourth-order valence-electron chi connectivity index (χ4n) is 4.04. The average Bonchev–Trinajstić information content (AvgIpc) is 2.72. The molecule has 3 fully saturated rings. The van der Waals surface area contributed by atoms with Crippen LogP contribution in [0.5, 0.6) is 0 Å². The molecule has 4 heteroatoms. The lowest BCUT2D eigenvalue weighted by Crippen LogP contribution is -2.45. The van der Waals surface area contributed by atoms with Gasteiger partial charge in [0, 0.05) is 24.5 Å². The Hall–Kier alpha value is -0.610. The molecule has 3 rings (SSSR count). The largest absolute Gasteiger partial charge is 0.353 e. The van der Waals surface area contributed by atoms with Crippen LogP contribution in [-0.4, -0.2) is 49.1 Å². The van der Waals surface area contributed by atoms with Gasteiger partial charge >= 0.3 is 0 Å². The fraction of sp³-hybridized carbons (Fsp3) is 0.933. The normalized spacial score (nSPS) is 36.4. The van der Waals surface area contributed by atoms with E-state index in [9.17, 15) is 4.79 Å². The molecule has 0 aromatic rings. The van der Waals surface area contributed by atoms with Gasteiger partial charge in [0.1, 0.15) is 0 Å². The Morgan fingerprint density at radius 3 is 2.42 bits per heavy atom. The standard InChI is InChI=1S/C15H27N3O/c1-18-6-4-12(5-7-18)17-15(19)10-11-8-13-2-3-14(9-11)16-13/h11-14,16H,2-10H2,1H3,(H,17,19). The summed E-state index contributed by atoms with van der Waals surface area (Å²) in [6.45, 7) is 2.23. The Morgan fingerprint density at radius 2 is 1.79 bits per heavy atom. The van der Waals surface area contributed by atoms with Crippen molar-refractivity contribution in [1.82, 2.24) is 15.5 Å². The van der Waals surface area contributed by atoms with Crippen LogP contribution in [-0.2, 0) is 4.79 Å². The van der Waals surface area contributed by atoms with Crippen molar-refractivity contribution in [2.75, 3.05) is 20.1 Å². The molecule has 0 radical (unpaired) electrons. The van der Waals surface area contributed by atoms with Crippen molar-refractivity contribution in [3.8, 4) is 0 Å². The number of carbonyl (C=O) groups is 1. The minimum Gasteiger partial charge on any atom is -0.353 e. The first-order valence-corrected chi connectivity index (χ1v) is 7.93. The average molecular weight is 265 g/mol. The van der Waals surface area contributed by atoms with Gasteiger partial charge in [0.2, 0.25) is 5.91 Å². The molecular weight excluding hydrogens is 238 g/mol. The van der Waals surface area contributed by atoms with Gasteiger partial charge in [0.25, 0.3) is 0 Å². The van der Waals surface area contributed by atoms with Crippen LogP contribution in [0.1, 0.15) is 44.9 Å². The third kappa shape index (κ3) is 3.48. The molecule has 1 amide bonds. The Balaban J connectivity index is 1.41. The van der Waals surface area contributed by atoms with E-state index < -0.39 is 0 Å². The summed E-state index contributed by atoms with van der Waals surface area (Å²) in [6.07, 6.45) is 8.02. The molecule has 19 heavy (non-hydrogen) atoms. The van der Waals surface area contributed by atoms with Gasteiger partial charge in [0.05, 0.1) is 0 Å². The number of fused-ring (bicyclic) bond motifs is 2. The molecule has 0 aliphatic carbocycles. The number of piperidine rings is 2. The van der Waals surface area contributed by atoms with Crippen molar-refractivity contribution in [1.29, 1.82) is 0 Å². The van der Waals surface area contributed by atoms with Gasteiger partial charge in [-0.3, -0.25) is 4.79 Å². The molecule has 4 nitrogen and oxygen atoms in total. The predicted octanol–water partition coefficient (Wildman–Crippen LogP) is 1.12. The topological polar surface area (TPSA) is 44.4 Å². The van der Waals surface area contributed by atoms with E-state index in [2.05, 4.69) is 22.6 Å². The summed E-state index contributed by atoms with van der Waals surface area (Å²) in [7, 11) is 2.16. The van der Waals surface area contributed by atoms with E-state index in [-0.39, 0.29) is 0 Å². The molecule has 2 unspecified atom stereocenters. The highest BCUT2D eigenvalue weighted by Gasteiger charge is 2.34. The zero-order valence-corrected chi connectivity index (χ0v) is 12.0. The van der Waals surface area contributed by atoms with Gasteiger partial charge in [-0.15, -0.1) is 0 Å². The van der Waals surface area contributed by atoms with Crippen LogP contribution in [0, 0.1) is 5.92 Å². The fourth-order valence-corrected chi connectivity index (χ4v) is 4.04. The highest BCUT2D eigenvalue weighted by molar-refractivity contribution is 5.76. The van der Waals surface area contributed by atoms with Crippen molar-refractivity contribution < 1.29 is 4.79 Å². The summed E-state index contributed by atoms with van der Waals surface area (Å²) in [4.78, 5) is 14.5. The van der Waals surface area contributed by atoms with Gasteiger partial charge in [-0.1, -0.05) is 0 Å². The Kier molecular flexibility index (Phi) is 4.08. The quantitative estimate of drug-likeness (QED) is 0.804. The Morgan fingerprint density at radius 1 is 1.16 bits per heavy atom. The molecule has 2 atom stereocenters. The van der Waals surface area contributed by atoms with Gasteiger partial charge in [-0.05, 0) is 64.6 Å². The van der Waals surface area contributed by atoms with Crippen molar-refractivity contribution in [2.45, 2.75) is 63.1 Å². The number of amides is 1. The lowest BCUT2D eigenvalue weighted by Gasteiger charge is -2.31. The summed E-state index contributed by atoms with van der Waals surface area (Å²) in [6, 6.07) is 1.81. The number of nitrogens with zero attached hydrogens (tertiary/aromatic N) is 1. The van der Waals surface area contributed by atoms with E-state index in [1.165, 1.54) is 25.7 Å². The summed E-state index contributed by atoms with van der Waals surface area (Å²) < 4.78 is 0. The van der Waals surface area contributed by atoms with Gasteiger partial charge in [-0.25, -0.2) is 0 Å². The second kappa shape index (κ2) is 5.80. The van der Waals surface area contributed by atoms with E-state index in [1.807, 2.05) is 0 Å². The maximum atomic E-state index is 12.1. The zero-order chi connectivity index (χ0) is 13.2. The Bertz CT molecular complexity index is 313. The molecule has 3 heterocycles. The first-order chi connectivity index (χ1) is 9.19. The van der Waals surface area contributed by atoms with Crippen LogP contribution in [0.25, 0.3) is 0 Å². The molecule has 0 saturated carbocycles. The molecular formula is C15H27N3O. The molecule has 0 spiro atoms. The molecule has 0 aromatic carbocycles. The number of nitrogens with one attached hydrogen (secondary N) is 2. The van der Waals surface area contributed by atoms with Gasteiger partial charge < -0.3 is 15.5 Å². The minimum absolute atomic E-state index is 0.292. The van der Waals surface area contributed by atoms with Crippen LogP contribution >= 0.6 is 0 Å². The van der Waals surface area contributed by atoms with Gasteiger partial charge in [-0.2, -0.15) is 0 Å². The third-order valence-corrected chi connectivity index (χ3v) is 5.13. The second-order valence-corrected chi connectivity index (χ2v) is 6.82. The SMILES string of the molecule is CN1CCC(NC(=O)CC2CC3CCC(C2)N3)CC1. The lowest BCUT2D eigenvalue weighted by molar-refractivity contribution is -0.123. The molecule has 0 aromatic heterocycles. The van der Waals surface area contributed by atoms with Crippen molar-refractivity contribution >= 4 is 5.91 Å². The molecule has 2 N–H and O–H groups in total. The first kappa shape index (κ1) is 13.4. The number of rotatable bonds is 3. The molecule has 3 saturated heterocycles. The van der Waals surface area contributed by atoms with E-state index in [0.29, 0.717) is 30.0 Å². The van der Waals surface area contributed by atoms with E-state index in [4.69, 9.17) is 0 Å². The van der Waals surface area contributed by atoms with E-state index in [1.54, 1.807) is 0 Å². The smallest absolute Gasteiger partial charge is 0.220 e. The number of hydrogen-bond donors (Lipinski definition) is 2. The van der Waals surface area contributed by atoms with Crippen molar-refractivity contribution in [2.24, 2.45) is 5.92 Å². The van der Waals surface area contributed by atoms with E-state index >= 15 is 0 Å². The van der Waals surface area contributed by atoms with Crippen LogP contribution < -0.4 is 10.6 Å². The number of carbonyl (C=O) groups excluding carboxylic acids is 1. The predicted molar refractivity (Wildman–Crippen MR) is 75.9 cm³/mol. The number of likely N-dealkylation sites (tertiary alicyclic amines) is 1. The minimum atomic E-state index is 0.292. The number of hydrogen-bond acceptors (Lipinski definition) is 3. The molecule has 108 valence electrons. The van der Waals surface area contributed by atoms with Crippen LogP contribution in [0.15, 0.2) is 0 Å². The monoisotopic (exact) mass is 265 g/mol. The van der Waals surface area contributed by atoms with Crippen molar-refractivity contribution in [3.05, 3.63) is 0 Å². The van der Waals surface area contributed by atoms with E-state index in [0.717, 1.165) is 32.4 Å². The maximum absolute atomic E-state index is 12.1. The highest BCUT2D eigenvalue weighted by Crippen LogP contribution is 2.32.